The first-order chi connectivity index (χ1) is 13.4. The summed E-state index contributed by atoms with van der Waals surface area (Å²) < 4.78 is 2.08. The summed E-state index contributed by atoms with van der Waals surface area (Å²) in [5.74, 6) is -1.31. The molecule has 0 spiro atoms. The van der Waals surface area contributed by atoms with E-state index in [9.17, 15) is 9.59 Å². The van der Waals surface area contributed by atoms with Crippen molar-refractivity contribution in [2.24, 2.45) is 7.05 Å². The molecule has 0 radical (unpaired) electrons. The first-order valence-corrected chi connectivity index (χ1v) is 9.23. The summed E-state index contributed by atoms with van der Waals surface area (Å²) in [7, 11) is 5.93. The molecule has 0 aliphatic heterocycles. The van der Waals surface area contributed by atoms with Gasteiger partial charge in [0.05, 0.1) is 6.04 Å². The lowest BCUT2D eigenvalue weighted by molar-refractivity contribution is -0.136. The molecule has 146 valence electrons. The number of carbonyl (C=O) groups excluding carboxylic acids is 2. The third-order valence-electron chi connectivity index (χ3n) is 4.85. The van der Waals surface area contributed by atoms with E-state index in [0.29, 0.717) is 12.2 Å². The molecule has 1 aromatic heterocycles. The Morgan fingerprint density at radius 2 is 1.82 bits per heavy atom. The van der Waals surface area contributed by atoms with E-state index in [0.717, 1.165) is 22.0 Å². The Bertz CT molecular complexity index is 1010. The van der Waals surface area contributed by atoms with E-state index in [2.05, 4.69) is 33.5 Å². The number of benzene rings is 2. The number of aryl methyl sites for hydroxylation is 2. The van der Waals surface area contributed by atoms with Crippen LogP contribution in [0.25, 0.3) is 10.9 Å². The van der Waals surface area contributed by atoms with Crippen LogP contribution in [-0.2, 0) is 16.6 Å². The molecule has 3 aromatic rings. The Morgan fingerprint density at radius 1 is 1.07 bits per heavy atom. The second kappa shape index (κ2) is 8.27. The summed E-state index contributed by atoms with van der Waals surface area (Å²) >= 11 is 0. The number of likely N-dealkylation sites (N-methyl/N-ethyl adjacent to an activating group) is 1. The Hall–Kier alpha value is -3.12. The van der Waals surface area contributed by atoms with Gasteiger partial charge in [0.25, 0.3) is 0 Å². The molecule has 0 fully saturated rings. The van der Waals surface area contributed by atoms with Gasteiger partial charge in [0, 0.05) is 36.4 Å². The monoisotopic (exact) mass is 378 g/mol. The van der Waals surface area contributed by atoms with E-state index in [-0.39, 0.29) is 6.04 Å². The van der Waals surface area contributed by atoms with Crippen LogP contribution in [0, 0.1) is 6.92 Å². The molecule has 6 nitrogen and oxygen atoms in total. The van der Waals surface area contributed by atoms with Crippen molar-refractivity contribution < 1.29 is 9.59 Å². The Kier molecular flexibility index (Phi) is 5.80. The van der Waals surface area contributed by atoms with Crippen molar-refractivity contribution in [3.8, 4) is 0 Å². The second-order valence-electron chi connectivity index (χ2n) is 7.23. The molecule has 0 saturated carbocycles. The normalized spacial score (nSPS) is 12.2. The van der Waals surface area contributed by atoms with Crippen LogP contribution < -0.4 is 10.6 Å². The first kappa shape index (κ1) is 19.6. The standard InChI is InChI=1S/C22H26N4O2/c1-15-8-7-9-16(12-15)24-22(28)21(27)23-13-20(25(2)3)18-14-26(4)19-11-6-5-10-17(18)19/h5-12,14,20H,13H2,1-4H3,(H,23,27)(H,24,28). The topological polar surface area (TPSA) is 66.4 Å². The van der Waals surface area contributed by atoms with Crippen LogP contribution in [0.1, 0.15) is 17.2 Å². The lowest BCUT2D eigenvalue weighted by Gasteiger charge is -2.24. The zero-order valence-corrected chi connectivity index (χ0v) is 16.7. The average Bonchev–Trinajstić information content (AvgIpc) is 2.98. The van der Waals surface area contributed by atoms with Gasteiger partial charge in [-0.25, -0.2) is 0 Å². The third kappa shape index (κ3) is 4.23. The number of nitrogens with one attached hydrogen (secondary N) is 2. The number of carbonyl (C=O) groups is 2. The number of hydrogen-bond donors (Lipinski definition) is 2. The van der Waals surface area contributed by atoms with Crippen molar-refractivity contribution in [2.45, 2.75) is 13.0 Å². The Labute approximate surface area is 165 Å². The highest BCUT2D eigenvalue weighted by Crippen LogP contribution is 2.28. The maximum atomic E-state index is 12.3. The fourth-order valence-electron chi connectivity index (χ4n) is 3.39. The summed E-state index contributed by atoms with van der Waals surface area (Å²) in [6.45, 7) is 2.27. The van der Waals surface area contributed by atoms with Gasteiger partial charge >= 0.3 is 11.8 Å². The van der Waals surface area contributed by atoms with Crippen molar-refractivity contribution in [3.63, 3.8) is 0 Å². The van der Waals surface area contributed by atoms with Crippen molar-refractivity contribution in [2.75, 3.05) is 26.0 Å². The van der Waals surface area contributed by atoms with Gasteiger partial charge in [-0.15, -0.1) is 0 Å². The van der Waals surface area contributed by atoms with Gasteiger partial charge in [0.1, 0.15) is 0 Å². The van der Waals surface area contributed by atoms with Gasteiger partial charge in [-0.05, 0) is 50.3 Å². The predicted molar refractivity (Wildman–Crippen MR) is 112 cm³/mol. The lowest BCUT2D eigenvalue weighted by atomic mass is 10.0. The quantitative estimate of drug-likeness (QED) is 0.671. The van der Waals surface area contributed by atoms with Crippen molar-refractivity contribution in [1.82, 2.24) is 14.8 Å². The highest BCUT2D eigenvalue weighted by Gasteiger charge is 2.22. The fraction of sp³-hybridized carbons (Fsp3) is 0.273. The van der Waals surface area contributed by atoms with Crippen LogP contribution in [-0.4, -0.2) is 41.9 Å². The molecular weight excluding hydrogens is 352 g/mol. The molecule has 1 unspecified atom stereocenters. The first-order valence-electron chi connectivity index (χ1n) is 9.23. The van der Waals surface area contributed by atoms with Gasteiger partial charge in [0.2, 0.25) is 0 Å². The van der Waals surface area contributed by atoms with Crippen LogP contribution in [0.4, 0.5) is 5.69 Å². The molecular formula is C22H26N4O2. The largest absolute Gasteiger partial charge is 0.350 e. The predicted octanol–water partition coefficient (Wildman–Crippen LogP) is 2.84. The minimum atomic E-state index is -0.666. The van der Waals surface area contributed by atoms with E-state index >= 15 is 0 Å². The number of nitrogens with zero attached hydrogens (tertiary/aromatic N) is 2. The van der Waals surface area contributed by atoms with Crippen LogP contribution in [0.15, 0.2) is 54.7 Å². The number of hydrogen-bond acceptors (Lipinski definition) is 3. The minimum Gasteiger partial charge on any atom is -0.350 e. The van der Waals surface area contributed by atoms with Crippen LogP contribution in [0.5, 0.6) is 0 Å². The molecule has 1 heterocycles. The Morgan fingerprint density at radius 3 is 2.54 bits per heavy atom. The molecule has 2 N–H and O–H groups in total. The average molecular weight is 378 g/mol. The van der Waals surface area contributed by atoms with Crippen molar-refractivity contribution in [3.05, 3.63) is 65.9 Å². The van der Waals surface area contributed by atoms with Gasteiger partial charge in [-0.1, -0.05) is 30.3 Å². The summed E-state index contributed by atoms with van der Waals surface area (Å²) in [5, 5.41) is 6.55. The Balaban J connectivity index is 1.71. The number of amides is 2. The van der Waals surface area contributed by atoms with Gasteiger partial charge < -0.3 is 20.1 Å². The highest BCUT2D eigenvalue weighted by atomic mass is 16.2. The lowest BCUT2D eigenvalue weighted by Crippen LogP contribution is -2.40. The van der Waals surface area contributed by atoms with E-state index in [1.165, 1.54) is 0 Å². The van der Waals surface area contributed by atoms with Gasteiger partial charge in [0.15, 0.2) is 0 Å². The van der Waals surface area contributed by atoms with Gasteiger partial charge in [-0.2, -0.15) is 0 Å². The molecule has 2 amide bonds. The molecule has 0 aliphatic rings. The molecule has 0 saturated heterocycles. The zero-order valence-electron chi connectivity index (χ0n) is 16.7. The number of aromatic nitrogens is 1. The summed E-state index contributed by atoms with van der Waals surface area (Å²) in [6.07, 6.45) is 2.08. The molecule has 3 rings (SSSR count). The van der Waals surface area contributed by atoms with Crippen molar-refractivity contribution in [1.29, 1.82) is 0 Å². The third-order valence-corrected chi connectivity index (χ3v) is 4.85. The molecule has 28 heavy (non-hydrogen) atoms. The van der Waals surface area contributed by atoms with E-state index < -0.39 is 11.8 Å². The van der Waals surface area contributed by atoms with E-state index in [1.54, 1.807) is 6.07 Å². The number of rotatable bonds is 5. The summed E-state index contributed by atoms with van der Waals surface area (Å²) in [6, 6.07) is 15.5. The fourth-order valence-corrected chi connectivity index (χ4v) is 3.39. The molecule has 0 bridgehead atoms. The summed E-state index contributed by atoms with van der Waals surface area (Å²) in [4.78, 5) is 26.6. The van der Waals surface area contributed by atoms with E-state index in [1.807, 2.05) is 63.3 Å². The number of fused-ring (bicyclic) bond motifs is 1. The smallest absolute Gasteiger partial charge is 0.313 e. The second-order valence-corrected chi connectivity index (χ2v) is 7.23. The maximum Gasteiger partial charge on any atom is 0.313 e. The minimum absolute atomic E-state index is 0.0539. The van der Waals surface area contributed by atoms with Crippen molar-refractivity contribution >= 4 is 28.4 Å². The summed E-state index contributed by atoms with van der Waals surface area (Å²) in [5.41, 5.74) is 3.87. The number of anilines is 1. The molecule has 2 aromatic carbocycles. The van der Waals surface area contributed by atoms with Crippen LogP contribution in [0.3, 0.4) is 0 Å². The highest BCUT2D eigenvalue weighted by molar-refractivity contribution is 6.39. The SMILES string of the molecule is Cc1cccc(NC(=O)C(=O)NCC(c2cn(C)c3ccccc23)N(C)C)c1. The number of para-hydroxylation sites is 1. The molecule has 1 atom stereocenters. The van der Waals surface area contributed by atoms with Gasteiger partial charge in [-0.3, -0.25) is 9.59 Å². The molecule has 6 heteroatoms. The zero-order chi connectivity index (χ0) is 20.3. The molecule has 0 aliphatic carbocycles. The maximum absolute atomic E-state index is 12.3. The van der Waals surface area contributed by atoms with E-state index in [4.69, 9.17) is 0 Å². The van der Waals surface area contributed by atoms with Crippen LogP contribution >= 0.6 is 0 Å². The van der Waals surface area contributed by atoms with Crippen LogP contribution in [0.2, 0.25) is 0 Å².